The molecule has 2 spiro atoms. The Morgan fingerprint density at radius 3 is 2.26 bits per heavy atom. The summed E-state index contributed by atoms with van der Waals surface area (Å²) in [5.74, 6) is 23.9. The van der Waals surface area contributed by atoms with Crippen LogP contribution in [-0.4, -0.2) is 17.7 Å². The molecule has 0 aromatic heterocycles. The van der Waals surface area contributed by atoms with E-state index in [2.05, 4.69) is 53.3 Å². The van der Waals surface area contributed by atoms with Gasteiger partial charge in [-0.3, -0.25) is 0 Å². The molecule has 16 aliphatic carbocycles. The Morgan fingerprint density at radius 1 is 0.620 bits per heavy atom. The van der Waals surface area contributed by atoms with E-state index in [0.29, 0.717) is 17.2 Å². The van der Waals surface area contributed by atoms with Gasteiger partial charge in [0.15, 0.2) is 0 Å². The zero-order valence-electron chi connectivity index (χ0n) is 29.2. The van der Waals surface area contributed by atoms with Crippen molar-refractivity contribution in [2.45, 2.75) is 51.5 Å². The Morgan fingerprint density at radius 2 is 1.36 bits per heavy atom. The Kier molecular flexibility index (Phi) is 3.41. The number of aromatic hydroxyl groups is 1. The molecule has 1 heterocycles. The molecular formula is C48H49NO. The maximum absolute atomic E-state index is 10.4. The minimum atomic E-state index is 0.276. The molecule has 17 aliphatic rings. The van der Waals surface area contributed by atoms with Gasteiger partial charge in [0.25, 0.3) is 0 Å². The first-order chi connectivity index (χ1) is 24.6. The van der Waals surface area contributed by atoms with Crippen LogP contribution in [0.1, 0.15) is 45.4 Å². The number of rotatable bonds is 1. The van der Waals surface area contributed by atoms with Crippen LogP contribution in [0.4, 0.5) is 5.69 Å². The van der Waals surface area contributed by atoms with E-state index in [1.807, 2.05) is 28.9 Å². The van der Waals surface area contributed by atoms with Gasteiger partial charge in [-0.25, -0.2) is 0 Å². The molecule has 1 N–H and O–H groups in total. The third kappa shape index (κ3) is 1.90. The largest absolute Gasteiger partial charge is 0.508 e. The third-order valence-electron chi connectivity index (χ3n) is 23.6. The van der Waals surface area contributed by atoms with Crippen LogP contribution in [0.3, 0.4) is 0 Å². The molecule has 2 heteroatoms. The van der Waals surface area contributed by atoms with Crippen molar-refractivity contribution in [1.29, 1.82) is 0 Å². The Hall–Kier alpha value is -2.22. The lowest BCUT2D eigenvalue weighted by atomic mass is 9.35. The maximum Gasteiger partial charge on any atom is 0.115 e. The van der Waals surface area contributed by atoms with Crippen LogP contribution >= 0.6 is 0 Å². The second-order valence-corrected chi connectivity index (χ2v) is 22.8. The summed E-state index contributed by atoms with van der Waals surface area (Å²) in [6.45, 7) is 3.98. The van der Waals surface area contributed by atoms with Gasteiger partial charge in [-0.2, -0.15) is 0 Å². The quantitative estimate of drug-likeness (QED) is 0.308. The van der Waals surface area contributed by atoms with E-state index in [9.17, 15) is 5.11 Å². The molecule has 1 aliphatic heterocycles. The maximum atomic E-state index is 10.4. The standard InChI is InChI=1S/C48H49NO/c1-16-48-25-13-23-11-20-7-18-9-21-8-17-6-19-10-22-12-24(14-25)47(48,15-49(16)26-2-4-27(50)5-3-26)45-33(22)37-30(19)28(17)35-32(21)36-29(18)31(20)38-34(23)46(48)44-42(38)40(36)39(35)41(37)43(44)45/h2-5,12-14,16-17,19-22,28,30-46,50H,6-11,15H2,1H3. The van der Waals surface area contributed by atoms with Gasteiger partial charge in [0.05, 0.1) is 0 Å². The van der Waals surface area contributed by atoms with Gasteiger partial charge in [-0.05, 0) is 217 Å². The van der Waals surface area contributed by atoms with Crippen LogP contribution in [0.5, 0.6) is 5.75 Å². The number of phenolic OH excluding ortho intramolecular Hbond substituents is 1. The smallest absolute Gasteiger partial charge is 0.115 e. The van der Waals surface area contributed by atoms with Crippen molar-refractivity contribution in [3.05, 3.63) is 70.4 Å². The lowest BCUT2D eigenvalue weighted by Crippen LogP contribution is -2.66. The number of phenols is 1. The van der Waals surface area contributed by atoms with Crippen molar-refractivity contribution < 1.29 is 5.11 Å². The van der Waals surface area contributed by atoms with Gasteiger partial charge in [-0.15, -0.1) is 0 Å². The predicted molar refractivity (Wildman–Crippen MR) is 189 cm³/mol. The van der Waals surface area contributed by atoms with Gasteiger partial charge in [0.2, 0.25) is 0 Å². The SMILES string of the molecule is CC1N(c2ccc(O)cc2)CC23C4=CC5CC6CC7CC8CC9=C%10C%11C(CC%12=CC(=C4)C12C1C%12C%11C2C4C%10C8C8C7C6C6C(C48)C(C21)C3C56)C9. The fourth-order valence-electron chi connectivity index (χ4n) is 24.8. The molecule has 1 aromatic carbocycles. The van der Waals surface area contributed by atoms with Crippen LogP contribution in [0, 0.1) is 147 Å². The van der Waals surface area contributed by atoms with Crippen LogP contribution in [0.15, 0.2) is 70.4 Å². The topological polar surface area (TPSA) is 23.5 Å². The van der Waals surface area contributed by atoms with Crippen molar-refractivity contribution in [1.82, 2.24) is 0 Å². The minimum Gasteiger partial charge on any atom is -0.508 e. The molecule has 50 heavy (non-hydrogen) atoms. The molecule has 252 valence electrons. The second-order valence-electron chi connectivity index (χ2n) is 22.8. The van der Waals surface area contributed by atoms with Crippen molar-refractivity contribution in [3.63, 3.8) is 0 Å². The predicted octanol–water partition coefficient (Wildman–Crippen LogP) is 8.38. The van der Waals surface area contributed by atoms with E-state index in [4.69, 9.17) is 0 Å². The van der Waals surface area contributed by atoms with E-state index in [0.717, 1.165) is 136 Å². The molecule has 0 bridgehead atoms. The summed E-state index contributed by atoms with van der Waals surface area (Å²) in [5.41, 5.74) is 12.0. The Labute approximate surface area is 295 Å². The van der Waals surface area contributed by atoms with E-state index in [1.54, 1.807) is 25.7 Å². The number of hydrogen-bond acceptors (Lipinski definition) is 2. The van der Waals surface area contributed by atoms with E-state index in [1.165, 1.54) is 25.1 Å². The number of benzene rings is 1. The van der Waals surface area contributed by atoms with Crippen LogP contribution in [-0.2, 0) is 0 Å². The first-order valence-electron chi connectivity index (χ1n) is 22.0. The van der Waals surface area contributed by atoms with Crippen molar-refractivity contribution >= 4 is 5.69 Å². The van der Waals surface area contributed by atoms with Gasteiger partial charge in [0.1, 0.15) is 5.75 Å². The summed E-state index contributed by atoms with van der Waals surface area (Å²) in [6, 6.07) is 9.07. The summed E-state index contributed by atoms with van der Waals surface area (Å²) >= 11 is 0. The van der Waals surface area contributed by atoms with E-state index in [-0.39, 0.29) is 5.41 Å². The van der Waals surface area contributed by atoms with Crippen molar-refractivity contribution in [2.24, 2.45) is 147 Å². The highest BCUT2D eigenvalue weighted by atomic mass is 16.3. The van der Waals surface area contributed by atoms with Crippen molar-refractivity contribution in [3.8, 4) is 5.75 Å². The van der Waals surface area contributed by atoms with Crippen LogP contribution < -0.4 is 4.90 Å². The zero-order chi connectivity index (χ0) is 31.4. The van der Waals surface area contributed by atoms with E-state index < -0.39 is 0 Å². The summed E-state index contributed by atoms with van der Waals surface area (Å²) in [5, 5.41) is 10.4. The third-order valence-corrected chi connectivity index (χ3v) is 23.6. The molecule has 26 unspecified atom stereocenters. The summed E-state index contributed by atoms with van der Waals surface area (Å²) in [4.78, 5) is 2.96. The Bertz CT molecular complexity index is 2140. The molecule has 11 saturated carbocycles. The first-order valence-corrected chi connectivity index (χ1v) is 22.0. The van der Waals surface area contributed by atoms with Gasteiger partial charge in [0, 0.05) is 29.1 Å². The molecular weight excluding hydrogens is 607 g/mol. The lowest BCUT2D eigenvalue weighted by Gasteiger charge is -2.67. The fraction of sp³-hybridized carbons (Fsp3) is 0.708. The van der Waals surface area contributed by atoms with Gasteiger partial charge < -0.3 is 10.0 Å². The number of allylic oxidation sites excluding steroid dienone is 6. The zero-order valence-corrected chi connectivity index (χ0v) is 29.2. The highest BCUT2D eigenvalue weighted by Gasteiger charge is 2.91. The minimum absolute atomic E-state index is 0.276. The molecule has 2 nitrogen and oxygen atoms in total. The number of hydrogen-bond donors (Lipinski definition) is 1. The average molecular weight is 656 g/mol. The van der Waals surface area contributed by atoms with Crippen LogP contribution in [0.25, 0.3) is 0 Å². The highest BCUT2D eigenvalue weighted by Crippen LogP contribution is 2.95. The monoisotopic (exact) mass is 655 g/mol. The first kappa shape index (κ1) is 24.9. The molecule has 12 fully saturated rings. The average Bonchev–Trinajstić information content (AvgIpc) is 3.95. The molecule has 18 rings (SSSR count). The van der Waals surface area contributed by atoms with E-state index >= 15 is 0 Å². The molecule has 0 radical (unpaired) electrons. The molecule has 1 saturated heterocycles. The van der Waals surface area contributed by atoms with Gasteiger partial charge in [-0.1, -0.05) is 34.9 Å². The second kappa shape index (κ2) is 6.83. The number of nitrogens with zero attached hydrogens (tertiary/aromatic N) is 1. The highest BCUT2D eigenvalue weighted by molar-refractivity contribution is 5.67. The van der Waals surface area contributed by atoms with Gasteiger partial charge >= 0.3 is 0 Å². The lowest BCUT2D eigenvalue weighted by molar-refractivity contribution is -0.164. The van der Waals surface area contributed by atoms with Crippen molar-refractivity contribution in [2.75, 3.05) is 11.4 Å². The summed E-state index contributed by atoms with van der Waals surface area (Å²) in [7, 11) is 0. The molecule has 26 atom stereocenters. The molecule has 1 aromatic rings. The molecule has 0 amide bonds. The summed E-state index contributed by atoms with van der Waals surface area (Å²) in [6.07, 6.45) is 18.3. The Balaban J connectivity index is 1.01. The normalized spacial score (nSPS) is 69.6. The fourth-order valence-corrected chi connectivity index (χ4v) is 24.8. The number of anilines is 1. The van der Waals surface area contributed by atoms with Crippen LogP contribution in [0.2, 0.25) is 0 Å². The summed E-state index contributed by atoms with van der Waals surface area (Å²) < 4.78 is 0.